The van der Waals surface area contributed by atoms with Crippen LogP contribution >= 0.6 is 0 Å². The second kappa shape index (κ2) is 5.44. The molecule has 0 bridgehead atoms. The van der Waals surface area contributed by atoms with E-state index in [9.17, 15) is 4.79 Å². The standard InChI is InChI=1S/C18H18N2O/c1-13-5-3-7-15(11-13)19-18(21)12-20-10-9-16-14(2)6-4-8-17(16)20/h3-11H,12H2,1-2H3,(H,19,21). The Balaban J connectivity index is 1.79. The van der Waals surface area contributed by atoms with Gasteiger partial charge in [-0.05, 0) is 49.2 Å². The number of hydrogen-bond acceptors (Lipinski definition) is 1. The Morgan fingerprint density at radius 2 is 1.90 bits per heavy atom. The molecular formula is C18H18N2O. The third kappa shape index (κ3) is 2.82. The zero-order valence-electron chi connectivity index (χ0n) is 12.3. The number of aromatic nitrogens is 1. The quantitative estimate of drug-likeness (QED) is 0.774. The number of nitrogens with zero attached hydrogens (tertiary/aromatic N) is 1. The molecule has 0 fully saturated rings. The van der Waals surface area contributed by atoms with Gasteiger partial charge >= 0.3 is 0 Å². The van der Waals surface area contributed by atoms with E-state index < -0.39 is 0 Å². The molecule has 3 aromatic rings. The molecule has 1 N–H and O–H groups in total. The van der Waals surface area contributed by atoms with Gasteiger partial charge in [-0.1, -0.05) is 24.3 Å². The van der Waals surface area contributed by atoms with Crippen LogP contribution in [-0.4, -0.2) is 10.5 Å². The van der Waals surface area contributed by atoms with Gasteiger partial charge in [0.25, 0.3) is 0 Å². The lowest BCUT2D eigenvalue weighted by molar-refractivity contribution is -0.116. The number of aryl methyl sites for hydroxylation is 2. The molecule has 0 spiro atoms. The minimum atomic E-state index is -0.0143. The van der Waals surface area contributed by atoms with Gasteiger partial charge in [-0.3, -0.25) is 4.79 Å². The normalized spacial score (nSPS) is 10.8. The lowest BCUT2D eigenvalue weighted by Gasteiger charge is -2.08. The summed E-state index contributed by atoms with van der Waals surface area (Å²) in [5.74, 6) is -0.0143. The Morgan fingerprint density at radius 3 is 2.71 bits per heavy atom. The minimum absolute atomic E-state index is 0.0143. The van der Waals surface area contributed by atoms with Gasteiger partial charge in [-0.25, -0.2) is 0 Å². The first-order chi connectivity index (χ1) is 10.1. The van der Waals surface area contributed by atoms with E-state index in [1.807, 2.05) is 54.1 Å². The highest BCUT2D eigenvalue weighted by Gasteiger charge is 2.07. The fourth-order valence-corrected chi connectivity index (χ4v) is 2.59. The van der Waals surface area contributed by atoms with Crippen LogP contribution in [0.4, 0.5) is 5.69 Å². The van der Waals surface area contributed by atoms with E-state index in [0.717, 1.165) is 16.8 Å². The van der Waals surface area contributed by atoms with Gasteiger partial charge in [0.1, 0.15) is 6.54 Å². The Labute approximate surface area is 124 Å². The van der Waals surface area contributed by atoms with E-state index in [0.29, 0.717) is 6.54 Å². The summed E-state index contributed by atoms with van der Waals surface area (Å²) in [6.07, 6.45) is 1.97. The van der Waals surface area contributed by atoms with Gasteiger partial charge < -0.3 is 9.88 Å². The van der Waals surface area contributed by atoms with Crippen molar-refractivity contribution in [3.05, 3.63) is 65.9 Å². The molecule has 0 atom stereocenters. The summed E-state index contributed by atoms with van der Waals surface area (Å²) in [5.41, 5.74) is 4.29. The SMILES string of the molecule is Cc1cccc(NC(=O)Cn2ccc3c(C)cccc32)c1. The van der Waals surface area contributed by atoms with E-state index in [2.05, 4.69) is 24.4 Å². The van der Waals surface area contributed by atoms with Crippen molar-refractivity contribution >= 4 is 22.5 Å². The van der Waals surface area contributed by atoms with Gasteiger partial charge in [-0.2, -0.15) is 0 Å². The van der Waals surface area contributed by atoms with Crippen molar-refractivity contribution in [3.63, 3.8) is 0 Å². The van der Waals surface area contributed by atoms with Crippen molar-refractivity contribution in [1.29, 1.82) is 0 Å². The molecule has 3 heteroatoms. The summed E-state index contributed by atoms with van der Waals surface area (Å²) < 4.78 is 1.98. The van der Waals surface area contributed by atoms with Gasteiger partial charge in [-0.15, -0.1) is 0 Å². The number of fused-ring (bicyclic) bond motifs is 1. The van der Waals surface area contributed by atoms with Crippen LogP contribution in [0.15, 0.2) is 54.7 Å². The van der Waals surface area contributed by atoms with Gasteiger partial charge in [0.15, 0.2) is 0 Å². The van der Waals surface area contributed by atoms with Crippen molar-refractivity contribution in [2.24, 2.45) is 0 Å². The highest BCUT2D eigenvalue weighted by atomic mass is 16.1. The first kappa shape index (κ1) is 13.4. The summed E-state index contributed by atoms with van der Waals surface area (Å²) >= 11 is 0. The number of amides is 1. The Kier molecular flexibility index (Phi) is 3.48. The van der Waals surface area contributed by atoms with Crippen molar-refractivity contribution in [3.8, 4) is 0 Å². The number of carbonyl (C=O) groups is 1. The molecule has 1 aromatic heterocycles. The third-order valence-corrected chi connectivity index (χ3v) is 3.65. The zero-order valence-corrected chi connectivity index (χ0v) is 12.3. The molecule has 0 saturated carbocycles. The maximum atomic E-state index is 12.2. The van der Waals surface area contributed by atoms with Crippen LogP contribution in [0.5, 0.6) is 0 Å². The molecule has 3 rings (SSSR count). The Morgan fingerprint density at radius 1 is 1.10 bits per heavy atom. The van der Waals surface area contributed by atoms with Crippen LogP contribution in [0.3, 0.4) is 0 Å². The van der Waals surface area contributed by atoms with Crippen LogP contribution in [0.25, 0.3) is 10.9 Å². The molecule has 21 heavy (non-hydrogen) atoms. The first-order valence-corrected chi connectivity index (χ1v) is 7.04. The van der Waals surface area contributed by atoms with Crippen LogP contribution in [0, 0.1) is 13.8 Å². The molecule has 2 aromatic carbocycles. The minimum Gasteiger partial charge on any atom is -0.338 e. The van der Waals surface area contributed by atoms with Crippen molar-refractivity contribution in [2.75, 3.05) is 5.32 Å². The lowest BCUT2D eigenvalue weighted by Crippen LogP contribution is -2.18. The van der Waals surface area contributed by atoms with Crippen LogP contribution in [-0.2, 0) is 11.3 Å². The molecule has 0 aliphatic rings. The summed E-state index contributed by atoms with van der Waals surface area (Å²) in [4.78, 5) is 12.2. The average molecular weight is 278 g/mol. The smallest absolute Gasteiger partial charge is 0.244 e. The van der Waals surface area contributed by atoms with Crippen molar-refractivity contribution < 1.29 is 4.79 Å². The highest BCUT2D eigenvalue weighted by molar-refractivity contribution is 5.92. The van der Waals surface area contributed by atoms with Crippen LogP contribution < -0.4 is 5.32 Å². The maximum absolute atomic E-state index is 12.2. The van der Waals surface area contributed by atoms with Gasteiger partial charge in [0.05, 0.1) is 0 Å². The summed E-state index contributed by atoms with van der Waals surface area (Å²) in [6.45, 7) is 4.41. The van der Waals surface area contributed by atoms with E-state index in [-0.39, 0.29) is 5.91 Å². The molecule has 0 aliphatic carbocycles. The van der Waals surface area contributed by atoms with Crippen LogP contribution in [0.2, 0.25) is 0 Å². The van der Waals surface area contributed by atoms with Crippen molar-refractivity contribution in [2.45, 2.75) is 20.4 Å². The first-order valence-electron chi connectivity index (χ1n) is 7.04. The van der Waals surface area contributed by atoms with Gasteiger partial charge in [0.2, 0.25) is 5.91 Å². The second-order valence-corrected chi connectivity index (χ2v) is 5.37. The maximum Gasteiger partial charge on any atom is 0.244 e. The number of rotatable bonds is 3. The molecule has 0 aliphatic heterocycles. The van der Waals surface area contributed by atoms with Crippen LogP contribution in [0.1, 0.15) is 11.1 Å². The Bertz CT molecular complexity index is 802. The molecule has 1 amide bonds. The monoisotopic (exact) mass is 278 g/mol. The molecule has 0 radical (unpaired) electrons. The number of nitrogens with one attached hydrogen (secondary N) is 1. The predicted octanol–water partition coefficient (Wildman–Crippen LogP) is 3.90. The van der Waals surface area contributed by atoms with E-state index in [1.54, 1.807) is 0 Å². The van der Waals surface area contributed by atoms with Crippen molar-refractivity contribution in [1.82, 2.24) is 4.57 Å². The van der Waals surface area contributed by atoms with E-state index in [1.165, 1.54) is 10.9 Å². The molecule has 1 heterocycles. The average Bonchev–Trinajstić information content (AvgIpc) is 2.83. The molecule has 0 saturated heterocycles. The summed E-state index contributed by atoms with van der Waals surface area (Å²) in [6, 6.07) is 16.0. The largest absolute Gasteiger partial charge is 0.338 e. The predicted molar refractivity (Wildman–Crippen MR) is 86.5 cm³/mol. The molecule has 3 nitrogen and oxygen atoms in total. The van der Waals surface area contributed by atoms with Gasteiger partial charge in [0, 0.05) is 22.8 Å². The zero-order chi connectivity index (χ0) is 14.8. The Hall–Kier alpha value is -2.55. The molecule has 106 valence electrons. The highest BCUT2D eigenvalue weighted by Crippen LogP contribution is 2.19. The fourth-order valence-electron chi connectivity index (χ4n) is 2.59. The van der Waals surface area contributed by atoms with E-state index in [4.69, 9.17) is 0 Å². The summed E-state index contributed by atoms with van der Waals surface area (Å²) in [5, 5.41) is 4.14. The molecular weight excluding hydrogens is 260 g/mol. The number of carbonyl (C=O) groups excluding carboxylic acids is 1. The molecule has 0 unspecified atom stereocenters. The lowest BCUT2D eigenvalue weighted by atomic mass is 10.1. The third-order valence-electron chi connectivity index (χ3n) is 3.65. The second-order valence-electron chi connectivity index (χ2n) is 5.37. The number of benzene rings is 2. The van der Waals surface area contributed by atoms with E-state index >= 15 is 0 Å². The summed E-state index contributed by atoms with van der Waals surface area (Å²) in [7, 11) is 0. The number of anilines is 1. The number of hydrogen-bond donors (Lipinski definition) is 1. The topological polar surface area (TPSA) is 34.0 Å². The fraction of sp³-hybridized carbons (Fsp3) is 0.167.